The van der Waals surface area contributed by atoms with Crippen molar-refractivity contribution in [3.8, 4) is 11.5 Å². The van der Waals surface area contributed by atoms with Gasteiger partial charge in [0.25, 0.3) is 0 Å². The second-order valence-corrected chi connectivity index (χ2v) is 5.08. The van der Waals surface area contributed by atoms with Gasteiger partial charge < -0.3 is 15.2 Å². The van der Waals surface area contributed by atoms with Crippen molar-refractivity contribution in [2.45, 2.75) is 31.8 Å². The van der Waals surface area contributed by atoms with E-state index in [1.54, 1.807) is 14.2 Å². The van der Waals surface area contributed by atoms with E-state index in [4.69, 9.17) is 15.2 Å². The molecule has 0 radical (unpaired) electrons. The Morgan fingerprint density at radius 2 is 2.15 bits per heavy atom. The van der Waals surface area contributed by atoms with E-state index < -0.39 is 0 Å². The summed E-state index contributed by atoms with van der Waals surface area (Å²) in [4.78, 5) is 13.6. The summed E-state index contributed by atoms with van der Waals surface area (Å²) < 4.78 is 10.7. The molecule has 1 aliphatic heterocycles. The molecule has 1 fully saturated rings. The van der Waals surface area contributed by atoms with Gasteiger partial charge in [-0.05, 0) is 44.5 Å². The number of nitrogens with zero attached hydrogens (tertiary/aromatic N) is 1. The highest BCUT2D eigenvalue weighted by atomic mass is 16.5. The maximum absolute atomic E-state index is 11.5. The zero-order chi connectivity index (χ0) is 14.7. The fraction of sp³-hybridized carbons (Fsp3) is 0.533. The van der Waals surface area contributed by atoms with Crippen LogP contribution in [-0.4, -0.2) is 37.6 Å². The number of hydrogen-bond acceptors (Lipinski definition) is 4. The molecule has 0 spiro atoms. The van der Waals surface area contributed by atoms with Crippen molar-refractivity contribution in [2.24, 2.45) is 5.73 Å². The molecule has 0 bridgehead atoms. The van der Waals surface area contributed by atoms with Crippen LogP contribution >= 0.6 is 0 Å². The topological polar surface area (TPSA) is 64.8 Å². The molecule has 110 valence electrons. The van der Waals surface area contributed by atoms with Crippen molar-refractivity contribution in [1.29, 1.82) is 0 Å². The second kappa shape index (κ2) is 6.13. The summed E-state index contributed by atoms with van der Waals surface area (Å²) in [6.45, 7) is 2.72. The Balaban J connectivity index is 2.35. The fourth-order valence-electron chi connectivity index (χ4n) is 2.85. The maximum Gasteiger partial charge on any atom is 0.234 e. The Kier molecular flexibility index (Phi) is 4.49. The molecule has 2 rings (SSSR count). The van der Waals surface area contributed by atoms with Crippen molar-refractivity contribution in [3.63, 3.8) is 0 Å². The fourth-order valence-corrected chi connectivity index (χ4v) is 2.85. The van der Waals surface area contributed by atoms with Crippen LogP contribution in [0.2, 0.25) is 0 Å². The van der Waals surface area contributed by atoms with E-state index in [2.05, 4.69) is 4.90 Å². The number of amides is 1. The predicted octanol–water partition coefficient (Wildman–Crippen LogP) is 1.71. The zero-order valence-corrected chi connectivity index (χ0v) is 12.3. The summed E-state index contributed by atoms with van der Waals surface area (Å²) in [5.41, 5.74) is 6.50. The summed E-state index contributed by atoms with van der Waals surface area (Å²) in [7, 11) is 3.30. The largest absolute Gasteiger partial charge is 0.497 e. The van der Waals surface area contributed by atoms with Crippen molar-refractivity contribution in [3.05, 3.63) is 23.8 Å². The molecule has 5 heteroatoms. The van der Waals surface area contributed by atoms with Crippen molar-refractivity contribution < 1.29 is 14.3 Å². The lowest BCUT2D eigenvalue weighted by molar-refractivity contribution is -0.123. The molecule has 0 unspecified atom stereocenters. The highest BCUT2D eigenvalue weighted by Gasteiger charge is 2.33. The molecule has 20 heavy (non-hydrogen) atoms. The number of methoxy groups -OCH3 is 2. The lowest BCUT2D eigenvalue weighted by Crippen LogP contribution is -2.42. The second-order valence-electron chi connectivity index (χ2n) is 5.08. The van der Waals surface area contributed by atoms with Crippen LogP contribution in [0, 0.1) is 0 Å². The number of rotatable bonds is 5. The lowest BCUT2D eigenvalue weighted by atomic mass is 10.0. The van der Waals surface area contributed by atoms with Crippen LogP contribution in [0.5, 0.6) is 11.5 Å². The predicted molar refractivity (Wildman–Crippen MR) is 76.9 cm³/mol. The number of nitrogens with two attached hydrogens (primary N) is 1. The molecule has 1 heterocycles. The quantitative estimate of drug-likeness (QED) is 0.890. The van der Waals surface area contributed by atoms with E-state index in [-0.39, 0.29) is 18.0 Å². The van der Waals surface area contributed by atoms with E-state index in [1.165, 1.54) is 0 Å². The minimum absolute atomic E-state index is 0.141. The van der Waals surface area contributed by atoms with Gasteiger partial charge in [-0.1, -0.05) is 0 Å². The van der Waals surface area contributed by atoms with Gasteiger partial charge in [0.1, 0.15) is 11.5 Å². The smallest absolute Gasteiger partial charge is 0.234 e. The third-order valence-electron chi connectivity index (χ3n) is 4.00. The molecule has 0 saturated carbocycles. The Hall–Kier alpha value is -1.75. The molecule has 5 nitrogen and oxygen atoms in total. The summed E-state index contributed by atoms with van der Waals surface area (Å²) in [5.74, 6) is 1.32. The molecular formula is C15H22N2O3. The highest BCUT2D eigenvalue weighted by molar-refractivity contribution is 5.79. The number of carbonyl (C=O) groups is 1. The van der Waals surface area contributed by atoms with E-state index in [0.717, 1.165) is 36.4 Å². The van der Waals surface area contributed by atoms with E-state index in [9.17, 15) is 4.79 Å². The van der Waals surface area contributed by atoms with Gasteiger partial charge in [0.05, 0.1) is 20.3 Å². The third-order valence-corrected chi connectivity index (χ3v) is 4.00. The molecule has 2 N–H and O–H groups in total. The van der Waals surface area contributed by atoms with Crippen LogP contribution in [-0.2, 0) is 4.79 Å². The van der Waals surface area contributed by atoms with Gasteiger partial charge >= 0.3 is 0 Å². The Bertz CT molecular complexity index is 490. The van der Waals surface area contributed by atoms with Crippen LogP contribution in [0.15, 0.2) is 18.2 Å². The van der Waals surface area contributed by atoms with Gasteiger partial charge in [-0.2, -0.15) is 0 Å². The first kappa shape index (κ1) is 14.7. The standard InChI is InChI=1S/C15H22N2O3/c1-10(15(16)18)17-8-4-5-13(17)12-9-11(19-2)6-7-14(12)20-3/h6-7,9-10,13H,4-5,8H2,1-3H3,(H2,16,18)/t10-,13-/m0/s1. The molecular weight excluding hydrogens is 256 g/mol. The van der Waals surface area contributed by atoms with Crippen LogP contribution < -0.4 is 15.2 Å². The van der Waals surface area contributed by atoms with Gasteiger partial charge in [0, 0.05) is 11.6 Å². The summed E-state index contributed by atoms with van der Waals surface area (Å²) in [6, 6.07) is 5.62. The van der Waals surface area contributed by atoms with Gasteiger partial charge in [-0.15, -0.1) is 0 Å². The van der Waals surface area contributed by atoms with Crippen LogP contribution in [0.3, 0.4) is 0 Å². The number of ether oxygens (including phenoxy) is 2. The van der Waals surface area contributed by atoms with Crippen molar-refractivity contribution in [1.82, 2.24) is 4.90 Å². The average Bonchev–Trinajstić information content (AvgIpc) is 2.94. The molecule has 0 aliphatic carbocycles. The van der Waals surface area contributed by atoms with E-state index in [0.29, 0.717) is 0 Å². The molecule has 1 aromatic carbocycles. The highest BCUT2D eigenvalue weighted by Crippen LogP contribution is 2.39. The van der Waals surface area contributed by atoms with Gasteiger partial charge in [-0.25, -0.2) is 0 Å². The first-order valence-electron chi connectivity index (χ1n) is 6.85. The summed E-state index contributed by atoms with van der Waals surface area (Å²) >= 11 is 0. The molecule has 1 saturated heterocycles. The Morgan fingerprint density at radius 1 is 1.40 bits per heavy atom. The number of benzene rings is 1. The number of carbonyl (C=O) groups excluding carboxylic acids is 1. The number of hydrogen-bond donors (Lipinski definition) is 1. The zero-order valence-electron chi connectivity index (χ0n) is 12.3. The number of likely N-dealkylation sites (tertiary alicyclic amines) is 1. The molecule has 1 amide bonds. The summed E-state index contributed by atoms with van der Waals surface area (Å²) in [6.07, 6.45) is 2.03. The van der Waals surface area contributed by atoms with E-state index in [1.807, 2.05) is 25.1 Å². The monoisotopic (exact) mass is 278 g/mol. The van der Waals surface area contributed by atoms with Crippen LogP contribution in [0.4, 0.5) is 0 Å². The maximum atomic E-state index is 11.5. The van der Waals surface area contributed by atoms with Crippen LogP contribution in [0.25, 0.3) is 0 Å². The normalized spacial score (nSPS) is 20.6. The van der Waals surface area contributed by atoms with Gasteiger partial charge in [-0.3, -0.25) is 9.69 Å². The molecule has 2 atom stereocenters. The van der Waals surface area contributed by atoms with E-state index >= 15 is 0 Å². The van der Waals surface area contributed by atoms with Crippen LogP contribution in [0.1, 0.15) is 31.4 Å². The SMILES string of the molecule is COc1ccc(OC)c([C@@H]2CCCN2[C@@H](C)C(N)=O)c1. The first-order chi connectivity index (χ1) is 9.58. The molecule has 0 aromatic heterocycles. The van der Waals surface area contributed by atoms with Gasteiger partial charge in [0.2, 0.25) is 5.91 Å². The van der Waals surface area contributed by atoms with Crippen molar-refractivity contribution in [2.75, 3.05) is 20.8 Å². The molecule has 1 aliphatic rings. The minimum Gasteiger partial charge on any atom is -0.497 e. The third kappa shape index (κ3) is 2.72. The number of primary amides is 1. The Morgan fingerprint density at radius 3 is 2.75 bits per heavy atom. The molecule has 1 aromatic rings. The summed E-state index contributed by atoms with van der Waals surface area (Å²) in [5, 5.41) is 0. The van der Waals surface area contributed by atoms with Gasteiger partial charge in [0.15, 0.2) is 0 Å². The van der Waals surface area contributed by atoms with Crippen molar-refractivity contribution >= 4 is 5.91 Å². The minimum atomic E-state index is -0.293. The lowest BCUT2D eigenvalue weighted by Gasteiger charge is -2.30. The first-order valence-corrected chi connectivity index (χ1v) is 6.85. The Labute approximate surface area is 119 Å². The average molecular weight is 278 g/mol.